The summed E-state index contributed by atoms with van der Waals surface area (Å²) >= 11 is 0. The third-order valence-electron chi connectivity index (χ3n) is 8.16. The number of carbonyl (C=O) groups is 2. The zero-order valence-corrected chi connectivity index (χ0v) is 23.9. The van der Waals surface area contributed by atoms with E-state index in [1.165, 1.54) is 23.1 Å². The minimum Gasteiger partial charge on any atom is -0.457 e. The van der Waals surface area contributed by atoms with E-state index in [4.69, 9.17) is 4.74 Å². The Labute approximate surface area is 244 Å². The number of nitrogens with zero attached hydrogens (tertiary/aromatic N) is 2. The number of para-hydroxylation sites is 1. The van der Waals surface area contributed by atoms with Crippen LogP contribution >= 0.6 is 0 Å². The van der Waals surface area contributed by atoms with Gasteiger partial charge in [-0.15, -0.1) is 0 Å². The number of ether oxygens (including phenoxy) is 1. The Morgan fingerprint density at radius 2 is 1.50 bits per heavy atom. The fourth-order valence-electron chi connectivity index (χ4n) is 5.97. The number of benzene rings is 3. The number of piperazine rings is 1. The second kappa shape index (κ2) is 12.2. The van der Waals surface area contributed by atoms with Gasteiger partial charge in [-0.05, 0) is 66.6 Å². The molecule has 2 fully saturated rings. The van der Waals surface area contributed by atoms with Crippen molar-refractivity contribution in [3.05, 3.63) is 95.6 Å². The van der Waals surface area contributed by atoms with E-state index in [-0.39, 0.29) is 29.8 Å². The number of piperidine rings is 1. The predicted molar refractivity (Wildman–Crippen MR) is 154 cm³/mol. The quantitative estimate of drug-likeness (QED) is 0.335. The van der Waals surface area contributed by atoms with Crippen LogP contribution in [0.1, 0.15) is 49.8 Å². The third kappa shape index (κ3) is 6.46. The summed E-state index contributed by atoms with van der Waals surface area (Å²) in [4.78, 5) is 31.1. The van der Waals surface area contributed by atoms with Gasteiger partial charge >= 0.3 is 6.18 Å². The molecule has 2 amide bonds. The summed E-state index contributed by atoms with van der Waals surface area (Å²) in [5.74, 6) is 1.02. The minimum absolute atomic E-state index is 0.00374. The normalized spacial score (nSPS) is 19.3. The number of hydrogen-bond donors (Lipinski definition) is 1. The van der Waals surface area contributed by atoms with E-state index < -0.39 is 23.3 Å². The molecular weight excluding hydrogens is 543 g/mol. The molecule has 5 rings (SSSR count). The van der Waals surface area contributed by atoms with E-state index in [9.17, 15) is 22.8 Å². The molecule has 9 heteroatoms. The van der Waals surface area contributed by atoms with Crippen molar-refractivity contribution in [2.45, 2.75) is 64.0 Å². The second-order valence-corrected chi connectivity index (χ2v) is 11.6. The molecule has 0 radical (unpaired) electrons. The van der Waals surface area contributed by atoms with Crippen molar-refractivity contribution in [1.29, 1.82) is 0 Å². The first kappa shape index (κ1) is 29.6. The van der Waals surface area contributed by atoms with Crippen LogP contribution < -0.4 is 10.1 Å². The molecule has 2 heterocycles. The van der Waals surface area contributed by atoms with Crippen LogP contribution in [-0.4, -0.2) is 46.3 Å². The summed E-state index contributed by atoms with van der Waals surface area (Å²) < 4.78 is 47.4. The van der Waals surface area contributed by atoms with E-state index in [0.717, 1.165) is 23.1 Å². The molecule has 0 aliphatic carbocycles. The van der Waals surface area contributed by atoms with Crippen molar-refractivity contribution in [2.75, 3.05) is 13.1 Å². The molecule has 42 heavy (non-hydrogen) atoms. The van der Waals surface area contributed by atoms with Crippen LogP contribution in [0.3, 0.4) is 0 Å². The van der Waals surface area contributed by atoms with Gasteiger partial charge in [0, 0.05) is 26.2 Å². The molecule has 0 saturated carbocycles. The highest BCUT2D eigenvalue weighted by atomic mass is 19.4. The molecule has 1 N–H and O–H groups in total. The average Bonchev–Trinajstić information content (AvgIpc) is 2.96. The SMILES string of the molecule is CC(C)CC1NC(=O)C2(CCN(Cc3ccc(Oc4ccccc4)cc3)CC2)N(Cc2ccccc2C(F)(F)F)C1=O. The number of rotatable bonds is 8. The number of likely N-dealkylation sites (tertiary alicyclic amines) is 1. The minimum atomic E-state index is -4.56. The summed E-state index contributed by atoms with van der Waals surface area (Å²) in [7, 11) is 0. The Balaban J connectivity index is 1.32. The van der Waals surface area contributed by atoms with E-state index >= 15 is 0 Å². The van der Waals surface area contributed by atoms with Gasteiger partial charge in [-0.3, -0.25) is 14.5 Å². The van der Waals surface area contributed by atoms with Gasteiger partial charge in [-0.1, -0.05) is 62.4 Å². The van der Waals surface area contributed by atoms with Crippen LogP contribution in [0.15, 0.2) is 78.9 Å². The molecule has 2 saturated heterocycles. The molecule has 1 atom stereocenters. The van der Waals surface area contributed by atoms with Crippen LogP contribution in [0.2, 0.25) is 0 Å². The summed E-state index contributed by atoms with van der Waals surface area (Å²) in [5, 5.41) is 2.92. The number of hydrogen-bond acceptors (Lipinski definition) is 4. The van der Waals surface area contributed by atoms with Gasteiger partial charge in [-0.25, -0.2) is 0 Å². The van der Waals surface area contributed by atoms with Crippen LogP contribution in [0, 0.1) is 5.92 Å². The lowest BCUT2D eigenvalue weighted by atomic mass is 9.80. The lowest BCUT2D eigenvalue weighted by Gasteiger charge is -2.52. The molecule has 6 nitrogen and oxygen atoms in total. The highest BCUT2D eigenvalue weighted by Crippen LogP contribution is 2.38. The molecule has 0 bridgehead atoms. The van der Waals surface area contributed by atoms with Crippen molar-refractivity contribution in [3.8, 4) is 11.5 Å². The maximum Gasteiger partial charge on any atom is 0.416 e. The molecule has 3 aromatic carbocycles. The number of amides is 2. The lowest BCUT2D eigenvalue weighted by molar-refractivity contribution is -0.163. The molecular formula is C33H36F3N3O3. The fourth-order valence-corrected chi connectivity index (χ4v) is 5.97. The van der Waals surface area contributed by atoms with E-state index in [0.29, 0.717) is 38.9 Å². The molecule has 0 aromatic heterocycles. The molecule has 1 unspecified atom stereocenters. The second-order valence-electron chi connectivity index (χ2n) is 11.6. The maximum absolute atomic E-state index is 13.9. The maximum atomic E-state index is 13.9. The first-order chi connectivity index (χ1) is 20.0. The summed E-state index contributed by atoms with van der Waals surface area (Å²) in [5.41, 5.74) is -0.913. The first-order valence-electron chi connectivity index (χ1n) is 14.4. The van der Waals surface area contributed by atoms with E-state index in [1.807, 2.05) is 68.4 Å². The predicted octanol–water partition coefficient (Wildman–Crippen LogP) is 6.41. The highest BCUT2D eigenvalue weighted by molar-refractivity contribution is 6.00. The van der Waals surface area contributed by atoms with E-state index in [1.54, 1.807) is 0 Å². The first-order valence-corrected chi connectivity index (χ1v) is 14.4. The fraction of sp³-hybridized carbons (Fsp3) is 0.394. The van der Waals surface area contributed by atoms with Gasteiger partial charge in [0.05, 0.1) is 5.56 Å². The van der Waals surface area contributed by atoms with Crippen molar-refractivity contribution >= 4 is 11.8 Å². The lowest BCUT2D eigenvalue weighted by Crippen LogP contribution is -2.72. The summed E-state index contributed by atoms with van der Waals surface area (Å²) in [6.07, 6.45) is -3.47. The van der Waals surface area contributed by atoms with Gasteiger partial charge < -0.3 is 15.0 Å². The van der Waals surface area contributed by atoms with Gasteiger partial charge in [0.25, 0.3) is 0 Å². The Hall–Kier alpha value is -3.85. The third-order valence-corrected chi connectivity index (χ3v) is 8.16. The van der Waals surface area contributed by atoms with Crippen molar-refractivity contribution in [1.82, 2.24) is 15.1 Å². The monoisotopic (exact) mass is 579 g/mol. The van der Waals surface area contributed by atoms with Crippen molar-refractivity contribution in [3.63, 3.8) is 0 Å². The molecule has 2 aliphatic heterocycles. The van der Waals surface area contributed by atoms with Gasteiger partial charge in [0.2, 0.25) is 11.8 Å². The van der Waals surface area contributed by atoms with Crippen LogP contribution in [0.5, 0.6) is 11.5 Å². The van der Waals surface area contributed by atoms with Gasteiger partial charge in [0.1, 0.15) is 23.1 Å². The number of nitrogens with one attached hydrogen (secondary N) is 1. The summed E-state index contributed by atoms with van der Waals surface area (Å²) in [6, 6.07) is 21.9. The van der Waals surface area contributed by atoms with E-state index in [2.05, 4.69) is 10.2 Å². The Morgan fingerprint density at radius 1 is 0.881 bits per heavy atom. The number of alkyl halides is 3. The summed E-state index contributed by atoms with van der Waals surface area (Å²) in [6.45, 7) is 5.33. The number of carbonyl (C=O) groups excluding carboxylic acids is 2. The Morgan fingerprint density at radius 3 is 2.14 bits per heavy atom. The molecule has 1 spiro atoms. The van der Waals surface area contributed by atoms with Crippen molar-refractivity contribution < 1.29 is 27.5 Å². The average molecular weight is 580 g/mol. The standard InChI is InChI=1S/C33H36F3N3O3/c1-23(2)20-29-30(40)39(22-25-8-6-7-11-28(25)33(34,35)36)32(31(41)37-29)16-18-38(19-17-32)21-24-12-14-27(15-13-24)42-26-9-4-3-5-10-26/h3-15,23,29H,16-22H2,1-2H3,(H,37,41). The zero-order valence-electron chi connectivity index (χ0n) is 23.9. The smallest absolute Gasteiger partial charge is 0.416 e. The largest absolute Gasteiger partial charge is 0.457 e. The molecule has 3 aromatic rings. The van der Waals surface area contributed by atoms with Gasteiger partial charge in [-0.2, -0.15) is 13.2 Å². The zero-order chi connectivity index (χ0) is 29.9. The topological polar surface area (TPSA) is 61.9 Å². The van der Waals surface area contributed by atoms with Crippen LogP contribution in [0.25, 0.3) is 0 Å². The Kier molecular flexibility index (Phi) is 8.59. The van der Waals surface area contributed by atoms with Crippen molar-refractivity contribution in [2.24, 2.45) is 5.92 Å². The highest BCUT2D eigenvalue weighted by Gasteiger charge is 2.54. The van der Waals surface area contributed by atoms with Crippen LogP contribution in [0.4, 0.5) is 13.2 Å². The number of halogens is 3. The van der Waals surface area contributed by atoms with Gasteiger partial charge in [0.15, 0.2) is 0 Å². The molecule has 2 aliphatic rings. The van der Waals surface area contributed by atoms with Crippen LogP contribution in [-0.2, 0) is 28.9 Å². The molecule has 222 valence electrons. The Bertz CT molecular complexity index is 1380.